The number of nitrogens with zero attached hydrogens (tertiary/aromatic N) is 3. The Kier molecular flexibility index (Phi) is 3.55. The maximum Gasteiger partial charge on any atom is 0.223 e. The summed E-state index contributed by atoms with van der Waals surface area (Å²) < 4.78 is 2.13. The van der Waals surface area contributed by atoms with Crippen molar-refractivity contribution in [1.29, 1.82) is 0 Å². The van der Waals surface area contributed by atoms with E-state index in [2.05, 4.69) is 9.55 Å². The molecule has 104 valence electrons. The van der Waals surface area contributed by atoms with Gasteiger partial charge in [-0.1, -0.05) is 0 Å². The highest BCUT2D eigenvalue weighted by Crippen LogP contribution is 2.27. The van der Waals surface area contributed by atoms with Gasteiger partial charge in [0.15, 0.2) is 0 Å². The number of fused-ring (bicyclic) bond motifs is 1. The number of imidazole rings is 1. The van der Waals surface area contributed by atoms with Crippen LogP contribution in [0.5, 0.6) is 0 Å². The zero-order valence-corrected chi connectivity index (χ0v) is 11.3. The van der Waals surface area contributed by atoms with Crippen molar-refractivity contribution < 1.29 is 4.79 Å². The quantitative estimate of drug-likeness (QED) is 0.869. The lowest BCUT2D eigenvalue weighted by Crippen LogP contribution is -2.39. The molecule has 1 aliphatic heterocycles. The minimum Gasteiger partial charge on any atom is -0.333 e. The van der Waals surface area contributed by atoms with Crippen LogP contribution in [0.1, 0.15) is 37.9 Å². The summed E-state index contributed by atoms with van der Waals surface area (Å²) in [4.78, 5) is 18.6. The lowest BCUT2D eigenvalue weighted by atomic mass is 9.84. The normalized spacial score (nSPS) is 27.1. The summed E-state index contributed by atoms with van der Waals surface area (Å²) in [5, 5.41) is 0. The molecule has 2 aliphatic rings. The van der Waals surface area contributed by atoms with Gasteiger partial charge in [-0.3, -0.25) is 4.79 Å². The Morgan fingerprint density at radius 2 is 2.11 bits per heavy atom. The van der Waals surface area contributed by atoms with E-state index < -0.39 is 0 Å². The van der Waals surface area contributed by atoms with E-state index in [1.807, 2.05) is 17.3 Å². The van der Waals surface area contributed by atoms with Crippen LogP contribution in [0, 0.1) is 5.92 Å². The van der Waals surface area contributed by atoms with Crippen LogP contribution >= 0.6 is 0 Å². The zero-order chi connectivity index (χ0) is 13.2. The Morgan fingerprint density at radius 3 is 2.89 bits per heavy atom. The standard InChI is InChI=1S/C14H22N4O/c15-12-3-1-11(2-4-12)9-14(19)18-8-7-17-6-5-16-13(17)10-18/h5-6,11-12H,1-4,7-10,15H2. The van der Waals surface area contributed by atoms with Gasteiger partial charge in [-0.25, -0.2) is 4.98 Å². The van der Waals surface area contributed by atoms with Crippen LogP contribution in [0.4, 0.5) is 0 Å². The number of amides is 1. The average Bonchev–Trinajstić information content (AvgIpc) is 2.88. The predicted molar refractivity (Wildman–Crippen MR) is 72.2 cm³/mol. The number of hydrogen-bond acceptors (Lipinski definition) is 3. The van der Waals surface area contributed by atoms with E-state index in [1.165, 1.54) is 0 Å². The van der Waals surface area contributed by atoms with Crippen molar-refractivity contribution in [2.45, 2.75) is 51.2 Å². The smallest absolute Gasteiger partial charge is 0.223 e. The molecule has 3 rings (SSSR count). The summed E-state index contributed by atoms with van der Waals surface area (Å²) in [7, 11) is 0. The molecule has 0 saturated heterocycles. The first-order chi connectivity index (χ1) is 9.22. The molecule has 1 amide bonds. The molecule has 0 unspecified atom stereocenters. The highest BCUT2D eigenvalue weighted by Gasteiger charge is 2.25. The molecule has 1 fully saturated rings. The number of hydrogen-bond donors (Lipinski definition) is 1. The molecular weight excluding hydrogens is 240 g/mol. The molecule has 5 heteroatoms. The van der Waals surface area contributed by atoms with Crippen molar-refractivity contribution in [2.75, 3.05) is 6.54 Å². The van der Waals surface area contributed by atoms with Crippen LogP contribution < -0.4 is 5.73 Å². The number of aromatic nitrogens is 2. The summed E-state index contributed by atoms with van der Waals surface area (Å²) in [5.41, 5.74) is 5.91. The van der Waals surface area contributed by atoms with Crippen LogP contribution in [0.3, 0.4) is 0 Å². The van der Waals surface area contributed by atoms with Crippen molar-refractivity contribution in [2.24, 2.45) is 11.7 Å². The van der Waals surface area contributed by atoms with Crippen molar-refractivity contribution in [3.63, 3.8) is 0 Å². The van der Waals surface area contributed by atoms with Crippen LogP contribution in [0.15, 0.2) is 12.4 Å². The van der Waals surface area contributed by atoms with Gasteiger partial charge in [0.1, 0.15) is 5.82 Å². The molecule has 5 nitrogen and oxygen atoms in total. The van der Waals surface area contributed by atoms with Gasteiger partial charge in [-0.15, -0.1) is 0 Å². The minimum absolute atomic E-state index is 0.287. The Labute approximate surface area is 113 Å². The van der Waals surface area contributed by atoms with E-state index in [4.69, 9.17) is 5.73 Å². The molecule has 19 heavy (non-hydrogen) atoms. The maximum atomic E-state index is 12.3. The highest BCUT2D eigenvalue weighted by atomic mass is 16.2. The monoisotopic (exact) mass is 262 g/mol. The van der Waals surface area contributed by atoms with Gasteiger partial charge in [0.25, 0.3) is 0 Å². The fourth-order valence-electron chi connectivity index (χ4n) is 3.15. The number of carbonyl (C=O) groups excluding carboxylic acids is 1. The summed E-state index contributed by atoms with van der Waals surface area (Å²) in [6.45, 7) is 2.35. The molecule has 0 bridgehead atoms. The molecule has 1 aromatic rings. The Morgan fingerprint density at radius 1 is 1.32 bits per heavy atom. The molecule has 2 N–H and O–H groups in total. The number of carbonyl (C=O) groups is 1. The summed E-state index contributed by atoms with van der Waals surface area (Å²) in [6, 6.07) is 0.355. The van der Waals surface area contributed by atoms with E-state index in [1.54, 1.807) is 0 Å². The summed E-state index contributed by atoms with van der Waals surface area (Å²) in [5.74, 6) is 1.83. The lowest BCUT2D eigenvalue weighted by Gasteiger charge is -2.31. The fourth-order valence-corrected chi connectivity index (χ4v) is 3.15. The molecule has 0 radical (unpaired) electrons. The first-order valence-corrected chi connectivity index (χ1v) is 7.26. The highest BCUT2D eigenvalue weighted by molar-refractivity contribution is 5.76. The van der Waals surface area contributed by atoms with Crippen LogP contribution in [-0.4, -0.2) is 32.9 Å². The van der Waals surface area contributed by atoms with E-state index in [-0.39, 0.29) is 5.91 Å². The predicted octanol–water partition coefficient (Wildman–Crippen LogP) is 1.13. The molecule has 1 aromatic heterocycles. The Hall–Kier alpha value is -1.36. The van der Waals surface area contributed by atoms with Crippen molar-refractivity contribution >= 4 is 5.91 Å². The molecule has 0 spiro atoms. The van der Waals surface area contributed by atoms with Crippen LogP contribution in [0.25, 0.3) is 0 Å². The SMILES string of the molecule is NC1CCC(CC(=O)N2CCn3ccnc3C2)CC1. The third-order valence-electron chi connectivity index (χ3n) is 4.45. The first-order valence-electron chi connectivity index (χ1n) is 7.26. The second kappa shape index (κ2) is 5.33. The van der Waals surface area contributed by atoms with Crippen molar-refractivity contribution in [1.82, 2.24) is 14.5 Å². The minimum atomic E-state index is 0.287. The molecule has 1 aliphatic carbocycles. The van der Waals surface area contributed by atoms with Gasteiger partial charge < -0.3 is 15.2 Å². The third kappa shape index (κ3) is 2.81. The third-order valence-corrected chi connectivity index (χ3v) is 4.45. The summed E-state index contributed by atoms with van der Waals surface area (Å²) >= 11 is 0. The van der Waals surface area contributed by atoms with Gasteiger partial charge >= 0.3 is 0 Å². The van der Waals surface area contributed by atoms with Gasteiger partial charge in [0.2, 0.25) is 5.91 Å². The fraction of sp³-hybridized carbons (Fsp3) is 0.714. The van der Waals surface area contributed by atoms with E-state index >= 15 is 0 Å². The second-order valence-corrected chi connectivity index (χ2v) is 5.84. The number of rotatable bonds is 2. The van der Waals surface area contributed by atoms with Gasteiger partial charge in [0.05, 0.1) is 6.54 Å². The Bertz CT molecular complexity index is 448. The van der Waals surface area contributed by atoms with E-state index in [9.17, 15) is 4.79 Å². The van der Waals surface area contributed by atoms with E-state index in [0.29, 0.717) is 24.9 Å². The molecule has 2 heterocycles. The van der Waals surface area contributed by atoms with Crippen LogP contribution in [-0.2, 0) is 17.9 Å². The van der Waals surface area contributed by atoms with Gasteiger partial charge in [-0.05, 0) is 31.6 Å². The van der Waals surface area contributed by atoms with E-state index in [0.717, 1.165) is 44.6 Å². The lowest BCUT2D eigenvalue weighted by molar-refractivity contribution is -0.134. The van der Waals surface area contributed by atoms with Crippen molar-refractivity contribution in [3.8, 4) is 0 Å². The molecule has 0 aromatic carbocycles. The number of nitrogens with two attached hydrogens (primary N) is 1. The Balaban J connectivity index is 1.54. The second-order valence-electron chi connectivity index (χ2n) is 5.84. The van der Waals surface area contributed by atoms with Gasteiger partial charge in [-0.2, -0.15) is 0 Å². The largest absolute Gasteiger partial charge is 0.333 e. The topological polar surface area (TPSA) is 64.2 Å². The van der Waals surface area contributed by atoms with Crippen LogP contribution in [0.2, 0.25) is 0 Å². The molecular formula is C14H22N4O. The molecule has 0 atom stereocenters. The van der Waals surface area contributed by atoms with Gasteiger partial charge in [0, 0.05) is 37.9 Å². The maximum absolute atomic E-state index is 12.3. The summed E-state index contributed by atoms with van der Waals surface area (Å²) in [6.07, 6.45) is 8.84. The van der Waals surface area contributed by atoms with Crippen molar-refractivity contribution in [3.05, 3.63) is 18.2 Å². The first kappa shape index (κ1) is 12.7. The zero-order valence-electron chi connectivity index (χ0n) is 11.3. The average molecular weight is 262 g/mol. The molecule has 1 saturated carbocycles.